The number of pyridine rings is 1. The Morgan fingerprint density at radius 3 is 2.85 bits per heavy atom. The van der Waals surface area contributed by atoms with E-state index in [4.69, 9.17) is 11.6 Å². The zero-order valence-corrected chi connectivity index (χ0v) is 13.4. The van der Waals surface area contributed by atoms with Crippen LogP contribution in [0.15, 0.2) is 18.3 Å². The molecule has 0 spiro atoms. The van der Waals surface area contributed by atoms with Crippen molar-refractivity contribution in [1.29, 1.82) is 0 Å². The van der Waals surface area contributed by atoms with Crippen LogP contribution in [0.25, 0.3) is 0 Å². The lowest BCUT2D eigenvalue weighted by molar-refractivity contribution is -0.117. The van der Waals surface area contributed by atoms with Crippen molar-refractivity contribution in [1.82, 2.24) is 15.2 Å². The molecule has 1 aliphatic rings. The molecule has 1 aromatic heterocycles. The Morgan fingerprint density at radius 1 is 1.35 bits per heavy atom. The summed E-state index contributed by atoms with van der Waals surface area (Å²) in [6.07, 6.45) is 2.60. The van der Waals surface area contributed by atoms with Gasteiger partial charge < -0.3 is 10.6 Å². The lowest BCUT2D eigenvalue weighted by Crippen LogP contribution is -2.35. The fourth-order valence-electron chi connectivity index (χ4n) is 1.89. The van der Waals surface area contributed by atoms with E-state index in [0.29, 0.717) is 17.4 Å². The highest BCUT2D eigenvalue weighted by Crippen LogP contribution is 2.09. The standard InChI is InChI=1S/C12H17ClN4O.2ClH/c13-10-2-3-11(15-8-10)16-12(18)9-17-6-1-4-14-5-7-17;;/h2-3,8,14H,1,4-7,9H2,(H,15,16,18);2*1H. The molecule has 0 aliphatic carbocycles. The molecule has 20 heavy (non-hydrogen) atoms. The maximum atomic E-state index is 11.8. The van der Waals surface area contributed by atoms with E-state index < -0.39 is 0 Å². The van der Waals surface area contributed by atoms with Crippen LogP contribution in [0, 0.1) is 0 Å². The molecule has 2 heterocycles. The Balaban J connectivity index is 0.00000180. The van der Waals surface area contributed by atoms with E-state index in [1.807, 2.05) is 0 Å². The van der Waals surface area contributed by atoms with Gasteiger partial charge in [-0.1, -0.05) is 11.6 Å². The molecule has 0 atom stereocenters. The maximum absolute atomic E-state index is 11.8. The van der Waals surface area contributed by atoms with E-state index in [9.17, 15) is 4.79 Å². The average molecular weight is 342 g/mol. The zero-order valence-electron chi connectivity index (χ0n) is 11.0. The van der Waals surface area contributed by atoms with Crippen LogP contribution in [0.4, 0.5) is 5.82 Å². The van der Waals surface area contributed by atoms with Crippen molar-refractivity contribution in [2.24, 2.45) is 0 Å². The first kappa shape index (κ1) is 19.4. The van der Waals surface area contributed by atoms with Gasteiger partial charge >= 0.3 is 0 Å². The quantitative estimate of drug-likeness (QED) is 0.880. The van der Waals surface area contributed by atoms with Gasteiger partial charge in [0.15, 0.2) is 0 Å². The number of hydrogen-bond acceptors (Lipinski definition) is 4. The van der Waals surface area contributed by atoms with Gasteiger partial charge in [-0.05, 0) is 31.6 Å². The van der Waals surface area contributed by atoms with Crippen LogP contribution in [-0.4, -0.2) is 48.5 Å². The summed E-state index contributed by atoms with van der Waals surface area (Å²) in [5.74, 6) is 0.504. The predicted octanol–water partition coefficient (Wildman–Crippen LogP) is 1.81. The number of carbonyl (C=O) groups excluding carboxylic acids is 1. The largest absolute Gasteiger partial charge is 0.315 e. The SMILES string of the molecule is Cl.Cl.O=C(CN1CCCNCC1)Nc1ccc(Cl)cn1. The number of rotatable bonds is 3. The average Bonchev–Trinajstić information content (AvgIpc) is 2.61. The number of carbonyl (C=O) groups is 1. The van der Waals surface area contributed by atoms with E-state index >= 15 is 0 Å². The number of hydrogen-bond donors (Lipinski definition) is 2. The second kappa shape index (κ2) is 10.2. The molecule has 8 heteroatoms. The minimum atomic E-state index is -0.0354. The number of nitrogens with one attached hydrogen (secondary N) is 2. The lowest BCUT2D eigenvalue weighted by atomic mass is 10.4. The van der Waals surface area contributed by atoms with Crippen molar-refractivity contribution < 1.29 is 4.79 Å². The summed E-state index contributed by atoms with van der Waals surface area (Å²) in [4.78, 5) is 18.0. The van der Waals surface area contributed by atoms with Crippen molar-refractivity contribution in [3.63, 3.8) is 0 Å². The molecule has 0 radical (unpaired) electrons. The number of nitrogens with zero attached hydrogens (tertiary/aromatic N) is 2. The van der Waals surface area contributed by atoms with Gasteiger partial charge in [0.05, 0.1) is 11.6 Å². The topological polar surface area (TPSA) is 57.3 Å². The number of anilines is 1. The van der Waals surface area contributed by atoms with Crippen molar-refractivity contribution >= 4 is 48.1 Å². The highest BCUT2D eigenvalue weighted by atomic mass is 35.5. The third-order valence-corrected chi connectivity index (χ3v) is 3.02. The molecule has 0 saturated carbocycles. The van der Waals surface area contributed by atoms with Crippen LogP contribution >= 0.6 is 36.4 Å². The van der Waals surface area contributed by atoms with Crippen LogP contribution in [0.2, 0.25) is 5.02 Å². The van der Waals surface area contributed by atoms with Gasteiger partial charge in [-0.2, -0.15) is 0 Å². The van der Waals surface area contributed by atoms with Gasteiger partial charge in [-0.25, -0.2) is 4.98 Å². The summed E-state index contributed by atoms with van der Waals surface area (Å²) in [6, 6.07) is 3.41. The summed E-state index contributed by atoms with van der Waals surface area (Å²) in [7, 11) is 0. The van der Waals surface area contributed by atoms with Crippen molar-refractivity contribution in [3.05, 3.63) is 23.4 Å². The van der Waals surface area contributed by atoms with E-state index in [-0.39, 0.29) is 30.7 Å². The fraction of sp³-hybridized carbons (Fsp3) is 0.500. The molecule has 1 aromatic rings. The number of aromatic nitrogens is 1. The summed E-state index contributed by atoms with van der Waals surface area (Å²) in [5, 5.41) is 6.63. The van der Waals surface area contributed by atoms with Crippen molar-refractivity contribution in [2.45, 2.75) is 6.42 Å². The van der Waals surface area contributed by atoms with E-state index in [0.717, 1.165) is 32.6 Å². The van der Waals surface area contributed by atoms with Gasteiger partial charge in [0.25, 0.3) is 0 Å². The molecule has 1 aliphatic heterocycles. The summed E-state index contributed by atoms with van der Waals surface area (Å²) < 4.78 is 0. The Morgan fingerprint density at radius 2 is 2.15 bits per heavy atom. The molecule has 2 N–H and O–H groups in total. The smallest absolute Gasteiger partial charge is 0.239 e. The Labute approximate surface area is 136 Å². The van der Waals surface area contributed by atoms with Crippen LogP contribution in [0.5, 0.6) is 0 Å². The summed E-state index contributed by atoms with van der Waals surface area (Å²) in [6.45, 7) is 4.23. The zero-order chi connectivity index (χ0) is 12.8. The summed E-state index contributed by atoms with van der Waals surface area (Å²) >= 11 is 5.73. The number of amides is 1. The van der Waals surface area contributed by atoms with Crippen LogP contribution < -0.4 is 10.6 Å². The first-order valence-electron chi connectivity index (χ1n) is 6.08. The normalized spacial score (nSPS) is 15.4. The summed E-state index contributed by atoms with van der Waals surface area (Å²) in [5.41, 5.74) is 0. The second-order valence-electron chi connectivity index (χ2n) is 4.29. The van der Waals surface area contributed by atoms with Gasteiger partial charge in [0.2, 0.25) is 5.91 Å². The minimum Gasteiger partial charge on any atom is -0.315 e. The highest BCUT2D eigenvalue weighted by molar-refractivity contribution is 6.30. The van der Waals surface area contributed by atoms with Gasteiger partial charge in [-0.15, -0.1) is 24.8 Å². The monoisotopic (exact) mass is 340 g/mol. The molecule has 0 unspecified atom stereocenters. The van der Waals surface area contributed by atoms with E-state index in [1.54, 1.807) is 12.1 Å². The highest BCUT2D eigenvalue weighted by Gasteiger charge is 2.12. The van der Waals surface area contributed by atoms with Gasteiger partial charge in [-0.3, -0.25) is 9.69 Å². The molecule has 1 saturated heterocycles. The molecule has 5 nitrogen and oxygen atoms in total. The minimum absolute atomic E-state index is 0. The third-order valence-electron chi connectivity index (χ3n) is 2.79. The predicted molar refractivity (Wildman–Crippen MR) is 86.3 cm³/mol. The fourth-order valence-corrected chi connectivity index (χ4v) is 2.01. The lowest BCUT2D eigenvalue weighted by Gasteiger charge is -2.18. The molecular weight excluding hydrogens is 323 g/mol. The van der Waals surface area contributed by atoms with Crippen molar-refractivity contribution in [3.8, 4) is 0 Å². The van der Waals surface area contributed by atoms with E-state index in [1.165, 1.54) is 6.20 Å². The maximum Gasteiger partial charge on any atom is 0.239 e. The number of halogens is 3. The Bertz CT molecular complexity index is 394. The van der Waals surface area contributed by atoms with Crippen LogP contribution in [0.3, 0.4) is 0 Å². The third kappa shape index (κ3) is 6.72. The first-order chi connectivity index (χ1) is 8.74. The molecule has 114 valence electrons. The molecular formula is C12H19Cl3N4O. The van der Waals surface area contributed by atoms with E-state index in [2.05, 4.69) is 20.5 Å². The first-order valence-corrected chi connectivity index (χ1v) is 6.46. The molecule has 2 rings (SSSR count). The van der Waals surface area contributed by atoms with Gasteiger partial charge in [0.1, 0.15) is 5.82 Å². The molecule has 1 amide bonds. The van der Waals surface area contributed by atoms with Crippen LogP contribution in [0.1, 0.15) is 6.42 Å². The Hall–Kier alpha value is -0.590. The Kier molecular flexibility index (Phi) is 9.88. The van der Waals surface area contributed by atoms with Gasteiger partial charge in [0, 0.05) is 19.3 Å². The van der Waals surface area contributed by atoms with Crippen LogP contribution in [-0.2, 0) is 4.79 Å². The van der Waals surface area contributed by atoms with Crippen molar-refractivity contribution in [2.75, 3.05) is 38.0 Å². The molecule has 1 fully saturated rings. The molecule has 0 bridgehead atoms. The second-order valence-corrected chi connectivity index (χ2v) is 4.73. The molecule has 0 aromatic carbocycles.